The summed E-state index contributed by atoms with van der Waals surface area (Å²) >= 11 is 0. The minimum Gasteiger partial charge on any atom is -0.481 e. The highest BCUT2D eigenvalue weighted by Gasteiger charge is 2.25. The Bertz CT molecular complexity index is 337. The Hall–Kier alpha value is -1.09. The van der Waals surface area contributed by atoms with Crippen molar-refractivity contribution in [3.05, 3.63) is 23.9 Å². The maximum atomic E-state index is 5.10. The van der Waals surface area contributed by atoms with Crippen molar-refractivity contribution in [3.8, 4) is 5.88 Å². The van der Waals surface area contributed by atoms with Gasteiger partial charge in [-0.1, -0.05) is 19.4 Å². The van der Waals surface area contributed by atoms with Crippen LogP contribution in [0.1, 0.15) is 44.2 Å². The fourth-order valence-corrected chi connectivity index (χ4v) is 2.54. The second-order valence-corrected chi connectivity index (χ2v) is 4.68. The molecule has 1 aromatic heterocycles. The van der Waals surface area contributed by atoms with Crippen LogP contribution >= 0.6 is 0 Å². The van der Waals surface area contributed by atoms with Crippen LogP contribution in [-0.2, 0) is 0 Å². The number of pyridine rings is 1. The van der Waals surface area contributed by atoms with E-state index in [1.54, 1.807) is 7.11 Å². The number of aromatic nitrogens is 1. The molecule has 0 amide bonds. The molecule has 1 atom stereocenters. The fourth-order valence-electron chi connectivity index (χ4n) is 2.54. The van der Waals surface area contributed by atoms with Crippen LogP contribution in [0.2, 0.25) is 0 Å². The van der Waals surface area contributed by atoms with Crippen molar-refractivity contribution in [2.24, 2.45) is 0 Å². The summed E-state index contributed by atoms with van der Waals surface area (Å²) < 4.78 is 5.10. The molecule has 3 nitrogen and oxygen atoms in total. The van der Waals surface area contributed by atoms with E-state index in [-0.39, 0.29) is 0 Å². The standard InChI is InChI=1S/C14H22N2O/c1-3-4-9-16-10-5-6-13(16)12-7-8-14(17-2)15-11-12/h7-8,11,13H,3-6,9-10H2,1-2H3/t13-/m1/s1. The molecule has 0 radical (unpaired) electrons. The third kappa shape index (κ3) is 2.97. The maximum absolute atomic E-state index is 5.10. The Morgan fingerprint density at radius 3 is 3.00 bits per heavy atom. The normalized spacial score (nSPS) is 20.7. The van der Waals surface area contributed by atoms with Gasteiger partial charge in [0.15, 0.2) is 0 Å². The number of likely N-dealkylation sites (tertiary alicyclic amines) is 1. The number of hydrogen-bond donors (Lipinski definition) is 0. The first kappa shape index (κ1) is 12.4. The monoisotopic (exact) mass is 234 g/mol. The molecule has 17 heavy (non-hydrogen) atoms. The lowest BCUT2D eigenvalue weighted by molar-refractivity contribution is 0.252. The van der Waals surface area contributed by atoms with Gasteiger partial charge in [-0.3, -0.25) is 4.90 Å². The molecule has 1 aromatic rings. The first-order valence-electron chi connectivity index (χ1n) is 6.59. The van der Waals surface area contributed by atoms with Crippen molar-refractivity contribution in [3.63, 3.8) is 0 Å². The second-order valence-electron chi connectivity index (χ2n) is 4.68. The lowest BCUT2D eigenvalue weighted by Gasteiger charge is -2.24. The summed E-state index contributed by atoms with van der Waals surface area (Å²) in [5, 5.41) is 0. The van der Waals surface area contributed by atoms with Crippen LogP contribution in [0.15, 0.2) is 18.3 Å². The van der Waals surface area contributed by atoms with Crippen molar-refractivity contribution in [2.75, 3.05) is 20.2 Å². The number of ether oxygens (including phenoxy) is 1. The minimum atomic E-state index is 0.569. The van der Waals surface area contributed by atoms with E-state index in [1.807, 2.05) is 12.3 Å². The molecule has 1 saturated heterocycles. The summed E-state index contributed by atoms with van der Waals surface area (Å²) in [5.41, 5.74) is 1.33. The van der Waals surface area contributed by atoms with E-state index < -0.39 is 0 Å². The van der Waals surface area contributed by atoms with E-state index in [0.717, 1.165) is 0 Å². The van der Waals surface area contributed by atoms with Crippen LogP contribution in [0.5, 0.6) is 5.88 Å². The van der Waals surface area contributed by atoms with Gasteiger partial charge in [0, 0.05) is 18.3 Å². The summed E-state index contributed by atoms with van der Waals surface area (Å²) in [6.07, 6.45) is 7.09. The van der Waals surface area contributed by atoms with E-state index in [1.165, 1.54) is 44.3 Å². The minimum absolute atomic E-state index is 0.569. The van der Waals surface area contributed by atoms with E-state index in [4.69, 9.17) is 4.74 Å². The molecular weight excluding hydrogens is 212 g/mol. The molecular formula is C14H22N2O. The molecule has 1 aliphatic heterocycles. The van der Waals surface area contributed by atoms with Gasteiger partial charge in [0.2, 0.25) is 5.88 Å². The van der Waals surface area contributed by atoms with E-state index in [0.29, 0.717) is 11.9 Å². The summed E-state index contributed by atoms with van der Waals surface area (Å²) in [4.78, 5) is 6.90. The lowest BCUT2D eigenvalue weighted by Crippen LogP contribution is -2.24. The van der Waals surface area contributed by atoms with Gasteiger partial charge in [-0.05, 0) is 37.9 Å². The van der Waals surface area contributed by atoms with E-state index in [9.17, 15) is 0 Å². The van der Waals surface area contributed by atoms with Gasteiger partial charge in [-0.25, -0.2) is 4.98 Å². The topological polar surface area (TPSA) is 25.4 Å². The molecule has 2 rings (SSSR count). The van der Waals surface area contributed by atoms with E-state index in [2.05, 4.69) is 22.9 Å². The first-order valence-corrected chi connectivity index (χ1v) is 6.59. The van der Waals surface area contributed by atoms with Gasteiger partial charge in [-0.15, -0.1) is 0 Å². The summed E-state index contributed by atoms with van der Waals surface area (Å²) in [7, 11) is 1.66. The zero-order valence-corrected chi connectivity index (χ0v) is 10.9. The van der Waals surface area contributed by atoms with Gasteiger partial charge < -0.3 is 4.74 Å². The molecule has 0 spiro atoms. The van der Waals surface area contributed by atoms with Gasteiger partial charge in [0.25, 0.3) is 0 Å². The Labute approximate surface area is 104 Å². The molecule has 0 unspecified atom stereocenters. The fraction of sp³-hybridized carbons (Fsp3) is 0.643. The Balaban J connectivity index is 2.03. The Kier molecular flexibility index (Phi) is 4.37. The number of hydrogen-bond acceptors (Lipinski definition) is 3. The van der Waals surface area contributed by atoms with Crippen molar-refractivity contribution in [2.45, 2.75) is 38.6 Å². The lowest BCUT2D eigenvalue weighted by atomic mass is 10.1. The quantitative estimate of drug-likeness (QED) is 0.783. The van der Waals surface area contributed by atoms with Crippen LogP contribution in [0, 0.1) is 0 Å². The van der Waals surface area contributed by atoms with Gasteiger partial charge in [0.05, 0.1) is 7.11 Å². The van der Waals surface area contributed by atoms with Crippen LogP contribution in [0.4, 0.5) is 0 Å². The van der Waals surface area contributed by atoms with Crippen molar-refractivity contribution < 1.29 is 4.74 Å². The Morgan fingerprint density at radius 2 is 2.35 bits per heavy atom. The average Bonchev–Trinajstić information content (AvgIpc) is 2.84. The van der Waals surface area contributed by atoms with Crippen molar-refractivity contribution in [1.82, 2.24) is 9.88 Å². The van der Waals surface area contributed by atoms with E-state index >= 15 is 0 Å². The molecule has 3 heteroatoms. The third-order valence-electron chi connectivity index (χ3n) is 3.52. The molecule has 0 bridgehead atoms. The van der Waals surface area contributed by atoms with Crippen molar-refractivity contribution >= 4 is 0 Å². The number of rotatable bonds is 5. The molecule has 0 N–H and O–H groups in total. The summed E-state index contributed by atoms with van der Waals surface area (Å²) in [6.45, 7) is 4.70. The highest BCUT2D eigenvalue weighted by molar-refractivity contribution is 5.21. The van der Waals surface area contributed by atoms with Crippen LogP contribution in [0.3, 0.4) is 0 Å². The molecule has 2 heterocycles. The Morgan fingerprint density at radius 1 is 1.47 bits per heavy atom. The highest BCUT2D eigenvalue weighted by Crippen LogP contribution is 2.32. The predicted octanol–water partition coefficient (Wildman–Crippen LogP) is 3.03. The highest BCUT2D eigenvalue weighted by atomic mass is 16.5. The molecule has 0 aromatic carbocycles. The van der Waals surface area contributed by atoms with Crippen LogP contribution in [-0.4, -0.2) is 30.1 Å². The summed E-state index contributed by atoms with van der Waals surface area (Å²) in [5.74, 6) is 0.701. The van der Waals surface area contributed by atoms with Gasteiger partial charge in [-0.2, -0.15) is 0 Å². The molecule has 1 fully saturated rings. The smallest absolute Gasteiger partial charge is 0.212 e. The number of methoxy groups -OCH3 is 1. The number of nitrogens with zero attached hydrogens (tertiary/aromatic N) is 2. The third-order valence-corrected chi connectivity index (χ3v) is 3.52. The molecule has 1 aliphatic rings. The maximum Gasteiger partial charge on any atom is 0.212 e. The zero-order chi connectivity index (χ0) is 12.1. The van der Waals surface area contributed by atoms with Crippen LogP contribution in [0.25, 0.3) is 0 Å². The van der Waals surface area contributed by atoms with Crippen LogP contribution < -0.4 is 4.74 Å². The number of unbranched alkanes of at least 4 members (excludes halogenated alkanes) is 1. The second kappa shape index (κ2) is 6.01. The van der Waals surface area contributed by atoms with Gasteiger partial charge >= 0.3 is 0 Å². The van der Waals surface area contributed by atoms with Gasteiger partial charge in [0.1, 0.15) is 0 Å². The molecule has 0 aliphatic carbocycles. The average molecular weight is 234 g/mol. The predicted molar refractivity (Wildman–Crippen MR) is 69.2 cm³/mol. The molecule has 0 saturated carbocycles. The van der Waals surface area contributed by atoms with Crippen molar-refractivity contribution in [1.29, 1.82) is 0 Å². The first-order chi connectivity index (χ1) is 8.35. The zero-order valence-electron chi connectivity index (χ0n) is 10.9. The SMILES string of the molecule is CCCCN1CCC[C@@H]1c1ccc(OC)nc1. The molecule has 94 valence electrons. The largest absolute Gasteiger partial charge is 0.481 e. The summed E-state index contributed by atoms with van der Waals surface area (Å²) in [6, 6.07) is 4.69.